The van der Waals surface area contributed by atoms with Crippen LogP contribution in [-0.4, -0.2) is 21.9 Å². The summed E-state index contributed by atoms with van der Waals surface area (Å²) in [5, 5.41) is 12.3. The predicted molar refractivity (Wildman–Crippen MR) is 59.3 cm³/mol. The van der Waals surface area contributed by atoms with E-state index in [0.29, 0.717) is 11.4 Å². The maximum atomic E-state index is 12.5. The maximum absolute atomic E-state index is 12.5. The van der Waals surface area contributed by atoms with Crippen molar-refractivity contribution in [2.45, 2.75) is 19.0 Å². The van der Waals surface area contributed by atoms with E-state index in [1.165, 1.54) is 6.07 Å². The number of rotatable bonds is 4. The van der Waals surface area contributed by atoms with Crippen LogP contribution in [0.5, 0.6) is 0 Å². The summed E-state index contributed by atoms with van der Waals surface area (Å²) in [6.45, 7) is -0.120. The molecule has 7 heteroatoms. The van der Waals surface area contributed by atoms with Crippen LogP contribution in [0.4, 0.5) is 13.2 Å². The highest BCUT2D eigenvalue weighted by Crippen LogP contribution is 2.29. The van der Waals surface area contributed by atoms with Gasteiger partial charge in [0.25, 0.3) is 0 Å². The molecule has 0 fully saturated rings. The zero-order valence-corrected chi connectivity index (χ0v) is 9.81. The summed E-state index contributed by atoms with van der Waals surface area (Å²) in [6, 6.07) is 4.98. The second-order valence-electron chi connectivity index (χ2n) is 3.95. The lowest BCUT2D eigenvalue weighted by Gasteiger charge is -2.07. The summed E-state index contributed by atoms with van der Waals surface area (Å²) in [4.78, 5) is 3.97. The van der Waals surface area contributed by atoms with E-state index in [0.717, 1.165) is 12.1 Å². The Morgan fingerprint density at radius 1 is 1.26 bits per heavy atom. The first-order chi connectivity index (χ1) is 8.99. The number of alkyl halides is 3. The lowest BCUT2D eigenvalue weighted by Crippen LogP contribution is -2.05. The molecule has 0 unspecified atom stereocenters. The first-order valence-corrected chi connectivity index (χ1v) is 5.57. The molecule has 0 saturated heterocycles. The highest BCUT2D eigenvalue weighted by atomic mass is 19.4. The largest absolute Gasteiger partial charge is 0.416 e. The fourth-order valence-corrected chi connectivity index (χ4v) is 1.60. The van der Waals surface area contributed by atoms with Crippen LogP contribution in [0, 0.1) is 0 Å². The van der Waals surface area contributed by atoms with Gasteiger partial charge in [-0.3, -0.25) is 0 Å². The molecule has 0 aliphatic carbocycles. The van der Waals surface area contributed by atoms with Crippen LogP contribution in [-0.2, 0) is 19.0 Å². The zero-order chi connectivity index (χ0) is 13.9. The number of halogens is 3. The van der Waals surface area contributed by atoms with Gasteiger partial charge < -0.3 is 9.63 Å². The summed E-state index contributed by atoms with van der Waals surface area (Å²) in [5.41, 5.74) is -0.254. The second kappa shape index (κ2) is 5.40. The predicted octanol–water partition coefficient (Wildman–Crippen LogP) is 2.21. The summed E-state index contributed by atoms with van der Waals surface area (Å²) in [5.74, 6) is 0.562. The third kappa shape index (κ3) is 3.54. The van der Waals surface area contributed by atoms with Crippen LogP contribution in [0.15, 0.2) is 28.8 Å². The van der Waals surface area contributed by atoms with Gasteiger partial charge in [0.1, 0.15) is 0 Å². The van der Waals surface area contributed by atoms with Crippen LogP contribution < -0.4 is 0 Å². The molecule has 102 valence electrons. The molecule has 4 nitrogen and oxygen atoms in total. The van der Waals surface area contributed by atoms with Gasteiger partial charge in [0.05, 0.1) is 18.6 Å². The second-order valence-corrected chi connectivity index (χ2v) is 3.95. The average Bonchev–Trinajstić information content (AvgIpc) is 2.76. The number of hydrogen-bond acceptors (Lipinski definition) is 4. The molecular formula is C12H11F3N2O2. The van der Waals surface area contributed by atoms with E-state index >= 15 is 0 Å². The fraction of sp³-hybridized carbons (Fsp3) is 0.333. The SMILES string of the molecule is OCCc1nc(Cc2cccc(C(F)(F)F)c2)no1. The Bertz CT molecular complexity index is 552. The molecule has 0 amide bonds. The van der Waals surface area contributed by atoms with E-state index in [4.69, 9.17) is 9.63 Å². The molecule has 0 aliphatic rings. The van der Waals surface area contributed by atoms with Crippen molar-refractivity contribution in [1.82, 2.24) is 10.1 Å². The average molecular weight is 272 g/mol. The zero-order valence-electron chi connectivity index (χ0n) is 9.81. The molecule has 0 saturated carbocycles. The molecule has 1 heterocycles. The minimum absolute atomic E-state index is 0.120. The Morgan fingerprint density at radius 3 is 2.74 bits per heavy atom. The van der Waals surface area contributed by atoms with Crippen molar-refractivity contribution < 1.29 is 22.8 Å². The molecule has 1 aromatic carbocycles. The lowest BCUT2D eigenvalue weighted by molar-refractivity contribution is -0.137. The number of aliphatic hydroxyl groups is 1. The summed E-state index contributed by atoms with van der Waals surface area (Å²) < 4.78 is 42.4. The molecule has 1 N–H and O–H groups in total. The smallest absolute Gasteiger partial charge is 0.396 e. The Morgan fingerprint density at radius 2 is 2.05 bits per heavy atom. The summed E-state index contributed by atoms with van der Waals surface area (Å²) in [6.07, 6.45) is -3.98. The first kappa shape index (κ1) is 13.5. The lowest BCUT2D eigenvalue weighted by atomic mass is 10.1. The number of aromatic nitrogens is 2. The number of benzene rings is 1. The normalized spacial score (nSPS) is 11.8. The van der Waals surface area contributed by atoms with Crippen molar-refractivity contribution in [2.24, 2.45) is 0 Å². The molecule has 0 aliphatic heterocycles. The third-order valence-corrected chi connectivity index (χ3v) is 2.45. The monoisotopic (exact) mass is 272 g/mol. The molecule has 1 aromatic heterocycles. The summed E-state index contributed by atoms with van der Waals surface area (Å²) >= 11 is 0. The van der Waals surface area contributed by atoms with E-state index < -0.39 is 11.7 Å². The van der Waals surface area contributed by atoms with Crippen molar-refractivity contribution in [2.75, 3.05) is 6.61 Å². The molecule has 0 radical (unpaired) electrons. The Labute approximate surface area is 106 Å². The van der Waals surface area contributed by atoms with Gasteiger partial charge in [-0.1, -0.05) is 23.4 Å². The van der Waals surface area contributed by atoms with Crippen LogP contribution in [0.3, 0.4) is 0 Å². The molecule has 0 bridgehead atoms. The Balaban J connectivity index is 2.14. The van der Waals surface area contributed by atoms with Gasteiger partial charge in [-0.05, 0) is 11.6 Å². The Hall–Kier alpha value is -1.89. The number of hydrogen-bond donors (Lipinski definition) is 1. The first-order valence-electron chi connectivity index (χ1n) is 5.57. The fourth-order valence-electron chi connectivity index (χ4n) is 1.60. The van der Waals surface area contributed by atoms with E-state index in [2.05, 4.69) is 10.1 Å². The van der Waals surface area contributed by atoms with Crippen LogP contribution in [0.25, 0.3) is 0 Å². The highest BCUT2D eigenvalue weighted by molar-refractivity contribution is 5.27. The molecule has 2 rings (SSSR count). The topological polar surface area (TPSA) is 59.2 Å². The van der Waals surface area contributed by atoms with Gasteiger partial charge in [-0.15, -0.1) is 0 Å². The van der Waals surface area contributed by atoms with Gasteiger partial charge in [0.15, 0.2) is 5.82 Å². The van der Waals surface area contributed by atoms with Gasteiger partial charge >= 0.3 is 6.18 Å². The van der Waals surface area contributed by atoms with Gasteiger partial charge in [0, 0.05) is 6.42 Å². The van der Waals surface area contributed by atoms with Crippen molar-refractivity contribution in [3.05, 3.63) is 47.1 Å². The van der Waals surface area contributed by atoms with Crippen molar-refractivity contribution >= 4 is 0 Å². The van der Waals surface area contributed by atoms with Gasteiger partial charge in [-0.2, -0.15) is 18.2 Å². The van der Waals surface area contributed by atoms with Gasteiger partial charge in [-0.25, -0.2) is 0 Å². The minimum Gasteiger partial charge on any atom is -0.396 e. The van der Waals surface area contributed by atoms with Crippen molar-refractivity contribution in [3.8, 4) is 0 Å². The standard InChI is InChI=1S/C12H11F3N2O2/c13-12(14,15)9-3-1-2-8(6-9)7-10-16-11(4-5-18)19-17-10/h1-3,6,18H,4-5,7H2. The van der Waals surface area contributed by atoms with E-state index in [1.54, 1.807) is 6.07 Å². The van der Waals surface area contributed by atoms with Crippen LogP contribution >= 0.6 is 0 Å². The molecule has 2 aromatic rings. The van der Waals surface area contributed by atoms with Crippen LogP contribution in [0.2, 0.25) is 0 Å². The summed E-state index contributed by atoms with van der Waals surface area (Å²) in [7, 11) is 0. The van der Waals surface area contributed by atoms with Gasteiger partial charge in [0.2, 0.25) is 5.89 Å². The quantitative estimate of drug-likeness (QED) is 0.927. The Kier molecular flexibility index (Phi) is 3.84. The third-order valence-electron chi connectivity index (χ3n) is 2.45. The minimum atomic E-state index is -4.37. The van der Waals surface area contributed by atoms with E-state index in [-0.39, 0.29) is 25.3 Å². The molecule has 19 heavy (non-hydrogen) atoms. The van der Waals surface area contributed by atoms with E-state index in [1.807, 2.05) is 0 Å². The molecule has 0 spiro atoms. The van der Waals surface area contributed by atoms with Crippen molar-refractivity contribution in [3.63, 3.8) is 0 Å². The molecule has 0 atom stereocenters. The molecular weight excluding hydrogens is 261 g/mol. The van der Waals surface area contributed by atoms with Crippen LogP contribution in [0.1, 0.15) is 22.8 Å². The maximum Gasteiger partial charge on any atom is 0.416 e. The number of nitrogens with zero attached hydrogens (tertiary/aromatic N) is 2. The highest BCUT2D eigenvalue weighted by Gasteiger charge is 2.30. The number of aliphatic hydroxyl groups excluding tert-OH is 1. The van der Waals surface area contributed by atoms with Crippen molar-refractivity contribution in [1.29, 1.82) is 0 Å². The van der Waals surface area contributed by atoms with E-state index in [9.17, 15) is 13.2 Å².